The smallest absolute Gasteiger partial charge is 0.252 e. The van der Waals surface area contributed by atoms with E-state index in [2.05, 4.69) is 10.3 Å². The van der Waals surface area contributed by atoms with Crippen LogP contribution in [0.25, 0.3) is 10.2 Å². The number of hydrogen-bond donors (Lipinski definition) is 2. The van der Waals surface area contributed by atoms with Crippen LogP contribution >= 0.6 is 11.3 Å². The molecular formula is C14H19N3O2S. The summed E-state index contributed by atoms with van der Waals surface area (Å²) in [5, 5.41) is 3.31. The Bertz CT molecular complexity index is 622. The molecule has 5 nitrogen and oxygen atoms in total. The number of nitrogens with zero attached hydrogens (tertiary/aromatic N) is 1. The van der Waals surface area contributed by atoms with Gasteiger partial charge in [-0.15, -0.1) is 0 Å². The highest BCUT2D eigenvalue weighted by Gasteiger charge is 2.17. The number of nitrogens with one attached hydrogen (secondary N) is 1. The molecule has 0 fully saturated rings. The number of benzene rings is 1. The molecule has 2 rings (SSSR count). The maximum atomic E-state index is 11.8. The van der Waals surface area contributed by atoms with Crippen LogP contribution in [0.4, 0.5) is 10.8 Å². The molecule has 0 radical (unpaired) electrons. The molecule has 6 heteroatoms. The molecule has 20 heavy (non-hydrogen) atoms. The minimum absolute atomic E-state index is 0.0267. The first kappa shape index (κ1) is 14.7. The minimum Gasteiger partial charge on any atom is -0.399 e. The summed E-state index contributed by atoms with van der Waals surface area (Å²) in [5.41, 5.74) is 6.94. The van der Waals surface area contributed by atoms with E-state index in [0.717, 1.165) is 16.6 Å². The van der Waals surface area contributed by atoms with E-state index in [9.17, 15) is 4.79 Å². The van der Waals surface area contributed by atoms with Crippen LogP contribution in [0.5, 0.6) is 0 Å². The number of amides is 1. The summed E-state index contributed by atoms with van der Waals surface area (Å²) < 4.78 is 6.50. The summed E-state index contributed by atoms with van der Waals surface area (Å²) in [6, 6.07) is 5.48. The fourth-order valence-corrected chi connectivity index (χ4v) is 2.44. The van der Waals surface area contributed by atoms with Crippen molar-refractivity contribution in [2.75, 3.05) is 17.7 Å². The van der Waals surface area contributed by atoms with Gasteiger partial charge in [-0.3, -0.25) is 10.1 Å². The molecular weight excluding hydrogens is 274 g/mol. The van der Waals surface area contributed by atoms with E-state index in [1.165, 1.54) is 11.3 Å². The van der Waals surface area contributed by atoms with E-state index in [1.807, 2.05) is 32.9 Å². The van der Waals surface area contributed by atoms with Gasteiger partial charge in [0.1, 0.15) is 6.61 Å². The maximum absolute atomic E-state index is 11.8. The maximum Gasteiger partial charge on any atom is 0.252 e. The number of hydrogen-bond acceptors (Lipinski definition) is 5. The number of nitrogen functional groups attached to an aromatic ring is 1. The van der Waals surface area contributed by atoms with Crippen molar-refractivity contribution in [3.05, 3.63) is 18.2 Å². The largest absolute Gasteiger partial charge is 0.399 e. The summed E-state index contributed by atoms with van der Waals surface area (Å²) in [4.78, 5) is 16.2. The van der Waals surface area contributed by atoms with Gasteiger partial charge in [0, 0.05) is 5.69 Å². The number of aromatic nitrogens is 1. The lowest BCUT2D eigenvalue weighted by atomic mass is 10.1. The van der Waals surface area contributed by atoms with Crippen LogP contribution in [0.1, 0.15) is 27.2 Å². The molecule has 0 aliphatic rings. The molecule has 0 saturated carbocycles. The molecule has 2 aromatic rings. The van der Waals surface area contributed by atoms with E-state index in [4.69, 9.17) is 10.5 Å². The molecule has 1 heterocycles. The van der Waals surface area contributed by atoms with Gasteiger partial charge in [-0.25, -0.2) is 4.98 Å². The molecule has 0 unspecified atom stereocenters. The number of nitrogens with two attached hydrogens (primary N) is 1. The van der Waals surface area contributed by atoms with Gasteiger partial charge >= 0.3 is 0 Å². The lowest BCUT2D eigenvalue weighted by molar-refractivity contribution is -0.126. The molecule has 1 aromatic carbocycles. The third-order valence-electron chi connectivity index (χ3n) is 3.10. The summed E-state index contributed by atoms with van der Waals surface area (Å²) in [6.45, 7) is 5.97. The zero-order valence-corrected chi connectivity index (χ0v) is 12.7. The Morgan fingerprint density at radius 3 is 2.95 bits per heavy atom. The van der Waals surface area contributed by atoms with Gasteiger partial charge < -0.3 is 10.5 Å². The Morgan fingerprint density at radius 2 is 2.25 bits per heavy atom. The van der Waals surface area contributed by atoms with E-state index in [1.54, 1.807) is 6.07 Å². The predicted octanol–water partition coefficient (Wildman–Crippen LogP) is 3.02. The predicted molar refractivity (Wildman–Crippen MR) is 83.0 cm³/mol. The molecule has 0 aliphatic carbocycles. The first-order valence-electron chi connectivity index (χ1n) is 6.49. The highest BCUT2D eigenvalue weighted by atomic mass is 32.1. The van der Waals surface area contributed by atoms with Crippen molar-refractivity contribution < 1.29 is 9.53 Å². The molecule has 3 N–H and O–H groups in total. The number of rotatable bonds is 5. The monoisotopic (exact) mass is 293 g/mol. The second kappa shape index (κ2) is 5.76. The Balaban J connectivity index is 1.99. The highest BCUT2D eigenvalue weighted by Crippen LogP contribution is 2.27. The van der Waals surface area contributed by atoms with E-state index < -0.39 is 0 Å². The second-order valence-corrected chi connectivity index (χ2v) is 6.23. The number of carbonyl (C=O) groups is 1. The number of fused-ring (bicyclic) bond motifs is 1. The number of ether oxygens (including phenoxy) is 1. The number of carbonyl (C=O) groups excluding carboxylic acids is 1. The molecule has 0 aliphatic heterocycles. The summed E-state index contributed by atoms with van der Waals surface area (Å²) in [6.07, 6.45) is 0.848. The van der Waals surface area contributed by atoms with Gasteiger partial charge in [-0.05, 0) is 38.5 Å². The van der Waals surface area contributed by atoms with Gasteiger partial charge in [-0.2, -0.15) is 0 Å². The van der Waals surface area contributed by atoms with E-state index >= 15 is 0 Å². The Morgan fingerprint density at radius 1 is 1.50 bits per heavy atom. The normalized spacial score (nSPS) is 11.8. The SMILES string of the molecule is CCC(C)(C)OCC(=O)Nc1nc2ccc(N)cc2s1. The third kappa shape index (κ3) is 3.68. The van der Waals surface area contributed by atoms with Crippen LogP contribution in [-0.2, 0) is 9.53 Å². The fourth-order valence-electron chi connectivity index (χ4n) is 1.51. The van der Waals surface area contributed by atoms with Crippen molar-refractivity contribution in [1.82, 2.24) is 4.98 Å². The van der Waals surface area contributed by atoms with Gasteiger partial charge in [0.2, 0.25) is 0 Å². The zero-order valence-electron chi connectivity index (χ0n) is 11.9. The minimum atomic E-state index is -0.292. The molecule has 0 atom stereocenters. The Kier molecular flexibility index (Phi) is 4.25. The van der Waals surface area contributed by atoms with Crippen molar-refractivity contribution >= 4 is 38.3 Å². The van der Waals surface area contributed by atoms with Crippen molar-refractivity contribution in [1.29, 1.82) is 0 Å². The van der Waals surface area contributed by atoms with Crippen molar-refractivity contribution in [3.8, 4) is 0 Å². The van der Waals surface area contributed by atoms with Crippen LogP contribution in [0.3, 0.4) is 0 Å². The van der Waals surface area contributed by atoms with Crippen LogP contribution in [0.15, 0.2) is 18.2 Å². The van der Waals surface area contributed by atoms with E-state index in [0.29, 0.717) is 10.8 Å². The number of thiazole rings is 1. The lowest BCUT2D eigenvalue weighted by Crippen LogP contribution is -2.29. The number of anilines is 2. The van der Waals surface area contributed by atoms with Crippen molar-refractivity contribution in [2.24, 2.45) is 0 Å². The topological polar surface area (TPSA) is 77.2 Å². The molecule has 0 saturated heterocycles. The van der Waals surface area contributed by atoms with E-state index in [-0.39, 0.29) is 18.1 Å². The quantitative estimate of drug-likeness (QED) is 0.831. The molecule has 1 amide bonds. The first-order chi connectivity index (χ1) is 9.39. The zero-order chi connectivity index (χ0) is 14.8. The van der Waals surface area contributed by atoms with Crippen LogP contribution in [0.2, 0.25) is 0 Å². The second-order valence-electron chi connectivity index (χ2n) is 5.20. The average Bonchev–Trinajstić information content (AvgIpc) is 2.78. The van der Waals surface area contributed by atoms with Gasteiger partial charge in [-0.1, -0.05) is 18.3 Å². The van der Waals surface area contributed by atoms with Crippen molar-refractivity contribution in [2.45, 2.75) is 32.8 Å². The highest BCUT2D eigenvalue weighted by molar-refractivity contribution is 7.22. The first-order valence-corrected chi connectivity index (χ1v) is 7.31. The summed E-state index contributed by atoms with van der Waals surface area (Å²) in [5.74, 6) is -0.196. The average molecular weight is 293 g/mol. The summed E-state index contributed by atoms with van der Waals surface area (Å²) in [7, 11) is 0. The molecule has 0 spiro atoms. The fraction of sp³-hybridized carbons (Fsp3) is 0.429. The Hall–Kier alpha value is -1.66. The van der Waals surface area contributed by atoms with Gasteiger partial charge in [0.25, 0.3) is 5.91 Å². The van der Waals surface area contributed by atoms with Crippen molar-refractivity contribution in [3.63, 3.8) is 0 Å². The molecule has 0 bridgehead atoms. The van der Waals surface area contributed by atoms with Gasteiger partial charge in [0.15, 0.2) is 5.13 Å². The molecule has 108 valence electrons. The van der Waals surface area contributed by atoms with Crippen LogP contribution in [0, 0.1) is 0 Å². The summed E-state index contributed by atoms with van der Waals surface area (Å²) >= 11 is 1.40. The molecule has 1 aromatic heterocycles. The third-order valence-corrected chi connectivity index (χ3v) is 4.04. The standard InChI is InChI=1S/C14H19N3O2S/c1-4-14(2,3)19-8-12(18)17-13-16-10-6-5-9(15)7-11(10)20-13/h5-7H,4,8,15H2,1-3H3,(H,16,17,18). The van der Waals surface area contributed by atoms with Gasteiger partial charge in [0.05, 0.1) is 15.8 Å². The Labute approximate surface area is 122 Å². The van der Waals surface area contributed by atoms with Crippen LogP contribution < -0.4 is 11.1 Å². The lowest BCUT2D eigenvalue weighted by Gasteiger charge is -2.22. The van der Waals surface area contributed by atoms with Crippen LogP contribution in [-0.4, -0.2) is 23.1 Å².